The fraction of sp³-hybridized carbons (Fsp3) is 0.133. The number of carbonyl (C=O) groups is 1. The van der Waals surface area contributed by atoms with Crippen LogP contribution in [0.4, 0.5) is 5.69 Å². The Kier molecular flexibility index (Phi) is 5.45. The zero-order valence-electron chi connectivity index (χ0n) is 11.2. The van der Waals surface area contributed by atoms with Crippen molar-refractivity contribution >= 4 is 56.6 Å². The van der Waals surface area contributed by atoms with Gasteiger partial charge in [0.15, 0.2) is 0 Å². The van der Waals surface area contributed by atoms with Gasteiger partial charge in [-0.05, 0) is 45.8 Å². The van der Waals surface area contributed by atoms with Crippen molar-refractivity contribution < 1.29 is 9.90 Å². The molecule has 6 heteroatoms. The van der Waals surface area contributed by atoms with E-state index in [0.29, 0.717) is 5.02 Å². The van der Waals surface area contributed by atoms with Gasteiger partial charge >= 0.3 is 5.97 Å². The highest BCUT2D eigenvalue weighted by Gasteiger charge is 2.08. The van der Waals surface area contributed by atoms with Gasteiger partial charge in [0.05, 0.1) is 17.3 Å². The largest absolute Gasteiger partial charge is 0.478 e. The third-order valence-corrected chi connectivity index (χ3v) is 4.80. The number of benzene rings is 1. The molecule has 0 spiro atoms. The first-order chi connectivity index (χ1) is 9.95. The van der Waals surface area contributed by atoms with Crippen LogP contribution in [0.15, 0.2) is 40.2 Å². The summed E-state index contributed by atoms with van der Waals surface area (Å²) in [4.78, 5) is 13.8. The summed E-state index contributed by atoms with van der Waals surface area (Å²) >= 11 is 11.4. The number of hydrogen-bond donors (Lipinski definition) is 1. The smallest absolute Gasteiger partial charge is 0.328 e. The fourth-order valence-electron chi connectivity index (χ4n) is 1.86. The highest BCUT2D eigenvalue weighted by Crippen LogP contribution is 2.29. The van der Waals surface area contributed by atoms with Crippen molar-refractivity contribution in [3.05, 3.63) is 55.7 Å². The second-order valence-electron chi connectivity index (χ2n) is 4.47. The van der Waals surface area contributed by atoms with Gasteiger partial charge in [0.1, 0.15) is 0 Å². The maximum atomic E-state index is 10.5. The van der Waals surface area contributed by atoms with Crippen molar-refractivity contribution in [2.24, 2.45) is 0 Å². The molecular formula is C15H13BrClNO2S. The van der Waals surface area contributed by atoms with Crippen molar-refractivity contribution in [3.8, 4) is 0 Å². The van der Waals surface area contributed by atoms with Crippen LogP contribution in [0.5, 0.6) is 0 Å². The molecule has 1 aromatic heterocycles. The van der Waals surface area contributed by atoms with E-state index in [1.807, 2.05) is 24.6 Å². The molecular weight excluding hydrogens is 374 g/mol. The van der Waals surface area contributed by atoms with Crippen LogP contribution < -0.4 is 4.90 Å². The highest BCUT2D eigenvalue weighted by molar-refractivity contribution is 9.10. The van der Waals surface area contributed by atoms with Gasteiger partial charge in [-0.3, -0.25) is 0 Å². The van der Waals surface area contributed by atoms with Gasteiger partial charge < -0.3 is 10.0 Å². The molecule has 1 heterocycles. The summed E-state index contributed by atoms with van der Waals surface area (Å²) in [7, 11) is 1.97. The molecule has 0 aliphatic rings. The van der Waals surface area contributed by atoms with Gasteiger partial charge in [0, 0.05) is 27.9 Å². The molecule has 0 aliphatic heterocycles. The van der Waals surface area contributed by atoms with Crippen LogP contribution in [0.25, 0.3) is 6.08 Å². The van der Waals surface area contributed by atoms with Crippen LogP contribution in [0, 0.1) is 0 Å². The second kappa shape index (κ2) is 7.11. The van der Waals surface area contributed by atoms with Gasteiger partial charge in [-0.15, -0.1) is 11.3 Å². The van der Waals surface area contributed by atoms with Crippen molar-refractivity contribution in [1.82, 2.24) is 0 Å². The first kappa shape index (κ1) is 16.1. The van der Waals surface area contributed by atoms with E-state index in [1.165, 1.54) is 11.0 Å². The van der Waals surface area contributed by atoms with Gasteiger partial charge in [0.2, 0.25) is 0 Å². The summed E-state index contributed by atoms with van der Waals surface area (Å²) in [6.45, 7) is 0.764. The van der Waals surface area contributed by atoms with E-state index in [4.69, 9.17) is 16.7 Å². The summed E-state index contributed by atoms with van der Waals surface area (Å²) < 4.78 is 1.08. The zero-order chi connectivity index (χ0) is 15.4. The average molecular weight is 387 g/mol. The van der Waals surface area contributed by atoms with E-state index < -0.39 is 5.97 Å². The zero-order valence-corrected chi connectivity index (χ0v) is 14.4. The Morgan fingerprint density at radius 1 is 1.48 bits per heavy atom. The van der Waals surface area contributed by atoms with Gasteiger partial charge in [0.25, 0.3) is 0 Å². The average Bonchev–Trinajstić information content (AvgIpc) is 2.81. The number of halogens is 2. The molecule has 0 atom stereocenters. The lowest BCUT2D eigenvalue weighted by Gasteiger charge is -2.20. The summed E-state index contributed by atoms with van der Waals surface area (Å²) in [5.74, 6) is -0.976. The third kappa shape index (κ3) is 4.59. The number of thiophene rings is 1. The lowest BCUT2D eigenvalue weighted by atomic mass is 10.2. The molecule has 3 nitrogen and oxygen atoms in total. The van der Waals surface area contributed by atoms with E-state index in [2.05, 4.69) is 26.9 Å². The van der Waals surface area contributed by atoms with E-state index in [1.54, 1.807) is 17.4 Å². The number of aliphatic carboxylic acids is 1. The predicted octanol–water partition coefficient (Wildman–Crippen LogP) is 4.90. The van der Waals surface area contributed by atoms with Crippen LogP contribution in [0.1, 0.15) is 10.4 Å². The lowest BCUT2D eigenvalue weighted by molar-refractivity contribution is -0.131. The minimum absolute atomic E-state index is 0.598. The fourth-order valence-corrected chi connectivity index (χ4v) is 3.70. The predicted molar refractivity (Wildman–Crippen MR) is 92.2 cm³/mol. The number of carboxylic acid groups (broad SMARTS) is 1. The molecule has 0 saturated heterocycles. The Morgan fingerprint density at radius 2 is 2.24 bits per heavy atom. The number of carboxylic acids is 1. The molecule has 1 N–H and O–H groups in total. The minimum atomic E-state index is -0.976. The Morgan fingerprint density at radius 3 is 2.81 bits per heavy atom. The third-order valence-electron chi connectivity index (χ3n) is 2.82. The number of hydrogen-bond acceptors (Lipinski definition) is 3. The van der Waals surface area contributed by atoms with Gasteiger partial charge in [-0.25, -0.2) is 4.79 Å². The monoisotopic (exact) mass is 385 g/mol. The summed E-state index contributed by atoms with van der Waals surface area (Å²) in [6, 6.07) is 7.59. The number of rotatable bonds is 5. The molecule has 0 bridgehead atoms. The second-order valence-corrected chi connectivity index (χ2v) is 6.79. The molecule has 0 fully saturated rings. The molecule has 2 aromatic rings. The van der Waals surface area contributed by atoms with Crippen molar-refractivity contribution in [2.45, 2.75) is 6.54 Å². The molecule has 0 unspecified atom stereocenters. The standard InChI is InChI=1S/C15H13BrClNO2S/c1-18(8-12-7-11(16)9-21-12)14-4-2-10(6-13(14)17)3-5-15(19)20/h2-7,9H,8H2,1H3,(H,19,20)/b5-3+. The molecule has 1 aromatic carbocycles. The molecule has 2 rings (SSSR count). The van der Waals surface area contributed by atoms with E-state index in [0.717, 1.165) is 28.3 Å². The maximum Gasteiger partial charge on any atom is 0.328 e. The molecule has 0 amide bonds. The quantitative estimate of drug-likeness (QED) is 0.743. The topological polar surface area (TPSA) is 40.5 Å². The van der Waals surface area contributed by atoms with Crippen LogP contribution >= 0.6 is 38.9 Å². The lowest BCUT2D eigenvalue weighted by Crippen LogP contribution is -2.15. The van der Waals surface area contributed by atoms with Crippen LogP contribution in [0.2, 0.25) is 5.02 Å². The Labute approximate surface area is 140 Å². The van der Waals surface area contributed by atoms with Crippen LogP contribution in [-0.2, 0) is 11.3 Å². The highest BCUT2D eigenvalue weighted by atomic mass is 79.9. The van der Waals surface area contributed by atoms with Gasteiger partial charge in [-0.2, -0.15) is 0 Å². The van der Waals surface area contributed by atoms with Crippen molar-refractivity contribution in [2.75, 3.05) is 11.9 Å². The molecule has 0 aliphatic carbocycles. The SMILES string of the molecule is CN(Cc1cc(Br)cs1)c1ccc(/C=C/C(=O)O)cc1Cl. The van der Waals surface area contributed by atoms with Crippen molar-refractivity contribution in [3.63, 3.8) is 0 Å². The summed E-state index contributed by atoms with van der Waals surface area (Å²) in [6.07, 6.45) is 2.62. The normalized spacial score (nSPS) is 11.0. The Balaban J connectivity index is 2.14. The Hall–Kier alpha value is -1.30. The number of anilines is 1. The maximum absolute atomic E-state index is 10.5. The van der Waals surface area contributed by atoms with Gasteiger partial charge in [-0.1, -0.05) is 17.7 Å². The van der Waals surface area contributed by atoms with E-state index in [-0.39, 0.29) is 0 Å². The molecule has 21 heavy (non-hydrogen) atoms. The summed E-state index contributed by atoms with van der Waals surface area (Å²) in [5, 5.41) is 11.3. The molecule has 0 saturated carbocycles. The van der Waals surface area contributed by atoms with Crippen molar-refractivity contribution in [1.29, 1.82) is 0 Å². The molecule has 110 valence electrons. The summed E-state index contributed by atoms with van der Waals surface area (Å²) in [5.41, 5.74) is 1.67. The molecule has 0 radical (unpaired) electrons. The first-order valence-electron chi connectivity index (χ1n) is 6.10. The van der Waals surface area contributed by atoms with Crippen LogP contribution in [-0.4, -0.2) is 18.1 Å². The van der Waals surface area contributed by atoms with E-state index >= 15 is 0 Å². The Bertz CT molecular complexity index is 684. The van der Waals surface area contributed by atoms with Crippen LogP contribution in [0.3, 0.4) is 0 Å². The van der Waals surface area contributed by atoms with E-state index in [9.17, 15) is 4.79 Å². The number of nitrogens with zero attached hydrogens (tertiary/aromatic N) is 1. The minimum Gasteiger partial charge on any atom is -0.478 e. The first-order valence-corrected chi connectivity index (χ1v) is 8.15.